The van der Waals surface area contributed by atoms with E-state index in [0.29, 0.717) is 29.2 Å². The van der Waals surface area contributed by atoms with Crippen molar-refractivity contribution in [1.29, 1.82) is 0 Å². The molecule has 0 unspecified atom stereocenters. The second-order valence-corrected chi connectivity index (χ2v) is 6.73. The van der Waals surface area contributed by atoms with Gasteiger partial charge in [-0.25, -0.2) is 4.98 Å². The number of amides is 1. The molecule has 0 radical (unpaired) electrons. The number of carbonyl (C=O) groups excluding carboxylic acids is 2. The number of nitrogens with two attached hydrogens (primary N) is 1. The molecule has 0 saturated carbocycles. The molecule has 3 aromatic rings. The Kier molecular flexibility index (Phi) is 6.29. The lowest BCUT2D eigenvalue weighted by atomic mass is 10.2. The van der Waals surface area contributed by atoms with Crippen LogP contribution in [-0.2, 0) is 6.54 Å². The fraction of sp³-hybridized carbons (Fsp3) is 0.0952. The van der Waals surface area contributed by atoms with Gasteiger partial charge in [-0.3, -0.25) is 9.59 Å². The number of rotatable bonds is 7. The van der Waals surface area contributed by atoms with Crippen molar-refractivity contribution in [2.45, 2.75) is 11.4 Å². The minimum atomic E-state index is -0.277. The van der Waals surface area contributed by atoms with Gasteiger partial charge in [-0.15, -0.1) is 11.8 Å². The molecule has 1 amide bonds. The fourth-order valence-corrected chi connectivity index (χ4v) is 3.11. The SMILES string of the molecule is CSc1ccc(Oc2ccc(CNC(=O)c3cccnc3N)cc2)cc1C=O. The van der Waals surface area contributed by atoms with Gasteiger partial charge in [0.2, 0.25) is 0 Å². The van der Waals surface area contributed by atoms with E-state index in [-0.39, 0.29) is 11.7 Å². The van der Waals surface area contributed by atoms with Crippen LogP contribution in [0.5, 0.6) is 11.5 Å². The van der Waals surface area contributed by atoms with Crippen LogP contribution in [0.4, 0.5) is 5.82 Å². The first-order valence-corrected chi connectivity index (χ1v) is 9.72. The Labute approximate surface area is 167 Å². The molecule has 0 aliphatic rings. The molecule has 6 nitrogen and oxygen atoms in total. The number of hydrogen-bond donors (Lipinski definition) is 2. The number of aromatic nitrogens is 1. The molecule has 0 aliphatic carbocycles. The van der Waals surface area contributed by atoms with Gasteiger partial charge in [-0.2, -0.15) is 0 Å². The zero-order valence-electron chi connectivity index (χ0n) is 15.2. The quantitative estimate of drug-likeness (QED) is 0.467. The summed E-state index contributed by atoms with van der Waals surface area (Å²) in [5.74, 6) is 1.15. The van der Waals surface area contributed by atoms with Gasteiger partial charge in [0.25, 0.3) is 5.91 Å². The second-order valence-electron chi connectivity index (χ2n) is 5.89. The summed E-state index contributed by atoms with van der Waals surface area (Å²) in [5, 5.41) is 2.81. The normalized spacial score (nSPS) is 10.3. The van der Waals surface area contributed by atoms with Crippen molar-refractivity contribution in [2.24, 2.45) is 0 Å². The smallest absolute Gasteiger partial charge is 0.255 e. The molecule has 0 spiro atoms. The third-order valence-electron chi connectivity index (χ3n) is 4.02. The van der Waals surface area contributed by atoms with Crippen LogP contribution in [0.1, 0.15) is 26.3 Å². The van der Waals surface area contributed by atoms with Gasteiger partial charge < -0.3 is 15.8 Å². The van der Waals surface area contributed by atoms with E-state index in [1.54, 1.807) is 18.2 Å². The number of nitrogens with zero attached hydrogens (tertiary/aromatic N) is 1. The van der Waals surface area contributed by atoms with Crippen molar-refractivity contribution in [3.8, 4) is 11.5 Å². The van der Waals surface area contributed by atoms with Gasteiger partial charge in [0.1, 0.15) is 17.3 Å². The van der Waals surface area contributed by atoms with Crippen LogP contribution in [0.25, 0.3) is 0 Å². The topological polar surface area (TPSA) is 94.3 Å². The third kappa shape index (κ3) is 4.69. The zero-order valence-corrected chi connectivity index (χ0v) is 16.0. The number of anilines is 1. The summed E-state index contributed by atoms with van der Waals surface area (Å²) in [6.45, 7) is 0.352. The number of hydrogen-bond acceptors (Lipinski definition) is 6. The van der Waals surface area contributed by atoms with Gasteiger partial charge >= 0.3 is 0 Å². The fourth-order valence-electron chi connectivity index (χ4n) is 2.57. The Morgan fingerprint density at radius 3 is 2.61 bits per heavy atom. The molecule has 3 rings (SSSR count). The maximum Gasteiger partial charge on any atom is 0.255 e. The molecule has 0 fully saturated rings. The van der Waals surface area contributed by atoms with Crippen LogP contribution in [0, 0.1) is 0 Å². The molecule has 0 atom stereocenters. The van der Waals surface area contributed by atoms with Gasteiger partial charge in [-0.1, -0.05) is 12.1 Å². The first-order chi connectivity index (χ1) is 13.6. The highest BCUT2D eigenvalue weighted by Crippen LogP contribution is 2.27. The van der Waals surface area contributed by atoms with Crippen LogP contribution >= 0.6 is 11.8 Å². The molecular weight excluding hydrogens is 374 g/mol. The first-order valence-electron chi connectivity index (χ1n) is 8.49. The van der Waals surface area contributed by atoms with Gasteiger partial charge in [0.05, 0.1) is 5.56 Å². The predicted octanol–water partition coefficient (Wildman–Crippen LogP) is 3.92. The molecule has 0 bridgehead atoms. The number of thioether (sulfide) groups is 1. The van der Waals surface area contributed by atoms with Crippen molar-refractivity contribution in [3.63, 3.8) is 0 Å². The number of carbonyl (C=O) groups is 2. The Hall–Kier alpha value is -3.32. The first kappa shape index (κ1) is 19.4. The summed E-state index contributed by atoms with van der Waals surface area (Å²) >= 11 is 1.51. The lowest BCUT2D eigenvalue weighted by Gasteiger charge is -2.10. The highest BCUT2D eigenvalue weighted by Gasteiger charge is 2.09. The molecule has 1 heterocycles. The number of aldehydes is 1. The predicted molar refractivity (Wildman–Crippen MR) is 110 cm³/mol. The third-order valence-corrected chi connectivity index (χ3v) is 4.84. The molecule has 2 aromatic carbocycles. The minimum Gasteiger partial charge on any atom is -0.457 e. The molecule has 28 heavy (non-hydrogen) atoms. The molecule has 3 N–H and O–H groups in total. The summed E-state index contributed by atoms with van der Waals surface area (Å²) < 4.78 is 5.81. The van der Waals surface area contributed by atoms with E-state index in [0.717, 1.165) is 16.7 Å². The zero-order chi connectivity index (χ0) is 19.9. The van der Waals surface area contributed by atoms with Crippen molar-refractivity contribution in [2.75, 3.05) is 12.0 Å². The second kappa shape index (κ2) is 9.05. The maximum atomic E-state index is 12.2. The lowest BCUT2D eigenvalue weighted by molar-refractivity contribution is 0.0951. The van der Waals surface area contributed by atoms with E-state index in [4.69, 9.17) is 10.5 Å². The van der Waals surface area contributed by atoms with Crippen LogP contribution in [0.15, 0.2) is 65.7 Å². The monoisotopic (exact) mass is 393 g/mol. The molecular formula is C21H19N3O3S. The number of nitrogen functional groups attached to an aromatic ring is 1. The van der Waals surface area contributed by atoms with Gasteiger partial charge in [0, 0.05) is 23.2 Å². The van der Waals surface area contributed by atoms with Gasteiger partial charge in [-0.05, 0) is 54.3 Å². The average Bonchev–Trinajstić information content (AvgIpc) is 2.73. The van der Waals surface area contributed by atoms with E-state index in [2.05, 4.69) is 10.3 Å². The standard InChI is InChI=1S/C21H19N3O3S/c1-28-19-9-8-17(11-15(19)13-25)27-16-6-4-14(5-7-16)12-24-21(26)18-3-2-10-23-20(18)22/h2-11,13H,12H2,1H3,(H2,22,23)(H,24,26). The summed E-state index contributed by atoms with van der Waals surface area (Å²) in [7, 11) is 0. The van der Waals surface area contributed by atoms with E-state index < -0.39 is 0 Å². The Bertz CT molecular complexity index is 990. The van der Waals surface area contributed by atoms with Crippen LogP contribution in [0.3, 0.4) is 0 Å². The Morgan fingerprint density at radius 1 is 1.18 bits per heavy atom. The van der Waals surface area contributed by atoms with Crippen LogP contribution in [-0.4, -0.2) is 23.4 Å². The number of nitrogens with one attached hydrogen (secondary N) is 1. The van der Waals surface area contributed by atoms with Crippen LogP contribution < -0.4 is 15.8 Å². The van der Waals surface area contributed by atoms with Gasteiger partial charge in [0.15, 0.2) is 6.29 Å². The average molecular weight is 393 g/mol. The van der Waals surface area contributed by atoms with Crippen molar-refractivity contribution < 1.29 is 14.3 Å². The number of benzene rings is 2. The summed E-state index contributed by atoms with van der Waals surface area (Å²) in [4.78, 5) is 28.2. The molecule has 0 saturated heterocycles. The molecule has 142 valence electrons. The van der Waals surface area contributed by atoms with E-state index in [9.17, 15) is 9.59 Å². The van der Waals surface area contributed by atoms with E-state index >= 15 is 0 Å². The molecule has 7 heteroatoms. The number of ether oxygens (including phenoxy) is 1. The summed E-state index contributed by atoms with van der Waals surface area (Å²) in [6, 6.07) is 16.0. The maximum absolute atomic E-state index is 12.2. The van der Waals surface area contributed by atoms with E-state index in [1.807, 2.05) is 42.7 Å². The summed E-state index contributed by atoms with van der Waals surface area (Å²) in [6.07, 6.45) is 4.28. The number of pyridine rings is 1. The highest BCUT2D eigenvalue weighted by molar-refractivity contribution is 7.98. The van der Waals surface area contributed by atoms with E-state index in [1.165, 1.54) is 18.0 Å². The molecule has 0 aliphatic heterocycles. The minimum absolute atomic E-state index is 0.200. The largest absolute Gasteiger partial charge is 0.457 e. The van der Waals surface area contributed by atoms with Crippen molar-refractivity contribution in [1.82, 2.24) is 10.3 Å². The van der Waals surface area contributed by atoms with Crippen molar-refractivity contribution in [3.05, 3.63) is 77.5 Å². The lowest BCUT2D eigenvalue weighted by Crippen LogP contribution is -2.24. The Morgan fingerprint density at radius 2 is 1.93 bits per heavy atom. The summed E-state index contributed by atoms with van der Waals surface area (Å²) in [5.41, 5.74) is 7.57. The Balaban J connectivity index is 1.61. The van der Waals surface area contributed by atoms with Crippen LogP contribution in [0.2, 0.25) is 0 Å². The van der Waals surface area contributed by atoms with Crippen molar-refractivity contribution >= 4 is 29.8 Å². The highest BCUT2D eigenvalue weighted by atomic mass is 32.2. The molecule has 1 aromatic heterocycles.